The molecular formula is C25H23BrO3S. The van der Waals surface area contributed by atoms with Crippen LogP contribution in [0.4, 0.5) is 0 Å². The Balaban J connectivity index is 2.11. The van der Waals surface area contributed by atoms with Crippen molar-refractivity contribution in [2.24, 2.45) is 0 Å². The van der Waals surface area contributed by atoms with Gasteiger partial charge in [0.15, 0.2) is 0 Å². The summed E-state index contributed by atoms with van der Waals surface area (Å²) in [6.07, 6.45) is 0. The van der Waals surface area contributed by atoms with Crippen molar-refractivity contribution in [2.45, 2.75) is 34.3 Å². The molecule has 1 heterocycles. The third-order valence-corrected chi connectivity index (χ3v) is 7.86. The van der Waals surface area contributed by atoms with Crippen molar-refractivity contribution in [1.29, 1.82) is 0 Å². The molecule has 0 aliphatic heterocycles. The summed E-state index contributed by atoms with van der Waals surface area (Å²) in [6.45, 7) is 8.02. The zero-order valence-electron chi connectivity index (χ0n) is 17.7. The molecule has 0 saturated carbocycles. The van der Waals surface area contributed by atoms with Gasteiger partial charge < -0.3 is 9.47 Å². The van der Waals surface area contributed by atoms with Crippen molar-refractivity contribution in [3.8, 4) is 16.9 Å². The van der Waals surface area contributed by atoms with Gasteiger partial charge in [-0.25, -0.2) is 0 Å². The Labute approximate surface area is 188 Å². The maximum atomic E-state index is 11.4. The largest absolute Gasteiger partial charge is 0.496 e. The second-order valence-electron chi connectivity index (χ2n) is 7.51. The molecule has 0 unspecified atom stereocenters. The summed E-state index contributed by atoms with van der Waals surface area (Å²) in [6, 6.07) is 12.9. The van der Waals surface area contributed by atoms with Crippen LogP contribution in [0, 0.1) is 20.8 Å². The Bertz CT molecular complexity index is 1280. The summed E-state index contributed by atoms with van der Waals surface area (Å²) >= 11 is 5.53. The summed E-state index contributed by atoms with van der Waals surface area (Å²) < 4.78 is 13.2. The van der Waals surface area contributed by atoms with Crippen LogP contribution in [0.3, 0.4) is 0 Å². The normalized spacial score (nSPS) is 11.3. The average molecular weight is 483 g/mol. The van der Waals surface area contributed by atoms with Crippen LogP contribution in [-0.2, 0) is 16.1 Å². The molecule has 0 radical (unpaired) electrons. The number of esters is 1. The predicted octanol–water partition coefficient (Wildman–Crippen LogP) is 7.48. The standard InChI is InChI=1S/C25H23BrO3S/c1-13-10-17(11-14(2)24(13)28-5)22-18-8-6-7-9-19(18)23(26)25-21(22)15(3)20(30-25)12-29-16(4)27/h6-11H,12H2,1-5H3. The van der Waals surface area contributed by atoms with Crippen molar-refractivity contribution in [2.75, 3.05) is 7.11 Å². The van der Waals surface area contributed by atoms with Gasteiger partial charge in [0.05, 0.1) is 11.8 Å². The minimum absolute atomic E-state index is 0.266. The van der Waals surface area contributed by atoms with Gasteiger partial charge in [-0.1, -0.05) is 24.3 Å². The zero-order valence-corrected chi connectivity index (χ0v) is 20.1. The Morgan fingerprint density at radius 2 is 1.70 bits per heavy atom. The summed E-state index contributed by atoms with van der Waals surface area (Å²) in [5.74, 6) is 0.659. The minimum atomic E-state index is -0.266. The van der Waals surface area contributed by atoms with E-state index in [1.54, 1.807) is 18.4 Å². The zero-order chi connectivity index (χ0) is 21.6. The smallest absolute Gasteiger partial charge is 0.302 e. The first kappa shape index (κ1) is 20.9. The molecule has 4 rings (SSSR count). The molecule has 30 heavy (non-hydrogen) atoms. The van der Waals surface area contributed by atoms with Gasteiger partial charge in [-0.2, -0.15) is 0 Å². The SMILES string of the molecule is COc1c(C)cc(-c2c3ccccc3c(Br)c3sc(COC(C)=O)c(C)c23)cc1C. The molecule has 3 aromatic carbocycles. The molecule has 0 saturated heterocycles. The number of thiophene rings is 1. The molecule has 154 valence electrons. The van der Waals surface area contributed by atoms with Gasteiger partial charge >= 0.3 is 5.97 Å². The van der Waals surface area contributed by atoms with Crippen LogP contribution in [0.2, 0.25) is 0 Å². The van der Waals surface area contributed by atoms with Crippen LogP contribution in [0.25, 0.3) is 32.0 Å². The highest BCUT2D eigenvalue weighted by molar-refractivity contribution is 9.11. The van der Waals surface area contributed by atoms with E-state index in [0.717, 1.165) is 31.8 Å². The van der Waals surface area contributed by atoms with Gasteiger partial charge in [0, 0.05) is 21.7 Å². The fourth-order valence-corrected chi connectivity index (χ4v) is 6.15. The third-order valence-electron chi connectivity index (χ3n) is 5.49. The summed E-state index contributed by atoms with van der Waals surface area (Å²) in [5.41, 5.74) is 5.75. The number of fused-ring (bicyclic) bond motifs is 2. The fourth-order valence-electron chi connectivity index (χ4n) is 4.19. The number of methoxy groups -OCH3 is 1. The number of hydrogen-bond acceptors (Lipinski definition) is 4. The van der Waals surface area contributed by atoms with E-state index in [1.807, 2.05) is 0 Å². The topological polar surface area (TPSA) is 35.5 Å². The molecule has 3 nitrogen and oxygen atoms in total. The minimum Gasteiger partial charge on any atom is -0.496 e. The maximum Gasteiger partial charge on any atom is 0.302 e. The van der Waals surface area contributed by atoms with Gasteiger partial charge in [-0.15, -0.1) is 11.3 Å². The molecule has 1 aromatic heterocycles. The van der Waals surface area contributed by atoms with Crippen molar-refractivity contribution >= 4 is 54.1 Å². The first-order valence-electron chi connectivity index (χ1n) is 9.74. The predicted molar refractivity (Wildman–Crippen MR) is 129 cm³/mol. The molecule has 0 amide bonds. The number of hydrogen-bond donors (Lipinski definition) is 0. The second-order valence-corrected chi connectivity index (χ2v) is 9.41. The van der Waals surface area contributed by atoms with Gasteiger partial charge in [0.1, 0.15) is 12.4 Å². The molecule has 0 aliphatic carbocycles. The summed E-state index contributed by atoms with van der Waals surface area (Å²) in [7, 11) is 1.71. The van der Waals surface area contributed by atoms with Gasteiger partial charge in [-0.3, -0.25) is 4.79 Å². The van der Waals surface area contributed by atoms with Crippen LogP contribution in [-0.4, -0.2) is 13.1 Å². The second kappa shape index (κ2) is 8.05. The molecule has 0 atom stereocenters. The Kier molecular flexibility index (Phi) is 5.60. The Hall–Kier alpha value is -2.37. The van der Waals surface area contributed by atoms with E-state index in [-0.39, 0.29) is 5.97 Å². The monoisotopic (exact) mass is 482 g/mol. The Morgan fingerprint density at radius 3 is 2.30 bits per heavy atom. The highest BCUT2D eigenvalue weighted by Gasteiger charge is 2.21. The molecular weight excluding hydrogens is 460 g/mol. The highest BCUT2D eigenvalue weighted by atomic mass is 79.9. The molecule has 5 heteroatoms. The first-order valence-corrected chi connectivity index (χ1v) is 11.4. The van der Waals surface area contributed by atoms with Gasteiger partial charge in [0.25, 0.3) is 0 Å². The van der Waals surface area contributed by atoms with E-state index in [9.17, 15) is 4.79 Å². The van der Waals surface area contributed by atoms with Crippen molar-refractivity contribution in [1.82, 2.24) is 0 Å². The highest BCUT2D eigenvalue weighted by Crippen LogP contribution is 2.48. The lowest BCUT2D eigenvalue weighted by Gasteiger charge is -2.16. The van der Waals surface area contributed by atoms with E-state index in [1.165, 1.54) is 38.9 Å². The lowest BCUT2D eigenvalue weighted by atomic mass is 9.91. The van der Waals surface area contributed by atoms with Crippen LogP contribution in [0.1, 0.15) is 28.5 Å². The van der Waals surface area contributed by atoms with Crippen LogP contribution in [0.15, 0.2) is 40.9 Å². The number of carbonyl (C=O) groups is 1. The number of benzene rings is 3. The first-order chi connectivity index (χ1) is 14.3. The van der Waals surface area contributed by atoms with Crippen molar-refractivity contribution < 1.29 is 14.3 Å². The van der Waals surface area contributed by atoms with E-state index in [0.29, 0.717) is 6.61 Å². The quantitative estimate of drug-likeness (QED) is 0.282. The van der Waals surface area contributed by atoms with Crippen molar-refractivity contribution in [3.05, 3.63) is 62.4 Å². The Morgan fingerprint density at radius 1 is 1.07 bits per heavy atom. The molecule has 0 spiro atoms. The van der Waals surface area contributed by atoms with E-state index in [4.69, 9.17) is 9.47 Å². The van der Waals surface area contributed by atoms with Crippen LogP contribution >= 0.6 is 27.3 Å². The fraction of sp³-hybridized carbons (Fsp3) is 0.240. The molecule has 0 fully saturated rings. The van der Waals surface area contributed by atoms with Crippen LogP contribution in [0.5, 0.6) is 5.75 Å². The van der Waals surface area contributed by atoms with E-state index < -0.39 is 0 Å². The lowest BCUT2D eigenvalue weighted by Crippen LogP contribution is -1.98. The van der Waals surface area contributed by atoms with Gasteiger partial charge in [-0.05, 0) is 87.4 Å². The molecule has 0 N–H and O–H groups in total. The summed E-state index contributed by atoms with van der Waals surface area (Å²) in [5, 5.41) is 3.57. The number of halogens is 1. The van der Waals surface area contributed by atoms with Gasteiger partial charge in [0.2, 0.25) is 0 Å². The number of aryl methyl sites for hydroxylation is 3. The van der Waals surface area contributed by atoms with Crippen LogP contribution < -0.4 is 4.74 Å². The molecule has 0 bridgehead atoms. The van der Waals surface area contributed by atoms with E-state index in [2.05, 4.69) is 73.1 Å². The maximum absolute atomic E-state index is 11.4. The molecule has 4 aromatic rings. The number of carbonyl (C=O) groups excluding carboxylic acids is 1. The number of ether oxygens (including phenoxy) is 2. The lowest BCUT2D eigenvalue weighted by molar-refractivity contribution is -0.142. The summed E-state index contributed by atoms with van der Waals surface area (Å²) in [4.78, 5) is 12.5. The number of rotatable bonds is 4. The van der Waals surface area contributed by atoms with E-state index >= 15 is 0 Å². The van der Waals surface area contributed by atoms with Crippen molar-refractivity contribution in [3.63, 3.8) is 0 Å². The third kappa shape index (κ3) is 3.40. The molecule has 0 aliphatic rings. The average Bonchev–Trinajstić information content (AvgIpc) is 3.03.